The van der Waals surface area contributed by atoms with Crippen molar-refractivity contribution in [2.24, 2.45) is 0 Å². The van der Waals surface area contributed by atoms with Crippen LogP contribution in [0.4, 0.5) is 5.69 Å². The summed E-state index contributed by atoms with van der Waals surface area (Å²) in [4.78, 5) is 0. The standard InChI is InChI=1S/C15H22N2O2S/c1-10(2)17-14(9-20(18,19)11(3)4)8-12-7-13(16)5-6-15(12)17/h5-8,10-11H,9,16H2,1-4H3. The predicted octanol–water partition coefficient (Wildman–Crippen LogP) is 3.13. The van der Waals surface area contributed by atoms with E-state index in [0.717, 1.165) is 16.6 Å². The highest BCUT2D eigenvalue weighted by atomic mass is 32.2. The van der Waals surface area contributed by atoms with E-state index in [1.54, 1.807) is 13.8 Å². The van der Waals surface area contributed by atoms with Gasteiger partial charge in [-0.05, 0) is 52.0 Å². The molecule has 0 bridgehead atoms. The fraction of sp³-hybridized carbons (Fsp3) is 0.467. The zero-order valence-corrected chi connectivity index (χ0v) is 13.2. The van der Waals surface area contributed by atoms with E-state index in [9.17, 15) is 8.42 Å². The quantitative estimate of drug-likeness (QED) is 0.881. The lowest BCUT2D eigenvalue weighted by Gasteiger charge is -2.16. The molecule has 0 unspecified atom stereocenters. The summed E-state index contributed by atoms with van der Waals surface area (Å²) in [5.41, 5.74) is 8.36. The number of hydrogen-bond donors (Lipinski definition) is 1. The van der Waals surface area contributed by atoms with Crippen LogP contribution in [-0.4, -0.2) is 18.2 Å². The molecule has 1 heterocycles. The zero-order chi connectivity index (χ0) is 15.1. The van der Waals surface area contributed by atoms with Gasteiger partial charge in [0.1, 0.15) is 0 Å². The number of anilines is 1. The smallest absolute Gasteiger partial charge is 0.158 e. The minimum Gasteiger partial charge on any atom is -0.399 e. The van der Waals surface area contributed by atoms with Crippen molar-refractivity contribution in [1.82, 2.24) is 4.57 Å². The molecule has 2 aromatic rings. The molecule has 0 saturated carbocycles. The third-order valence-corrected chi connectivity index (χ3v) is 5.66. The van der Waals surface area contributed by atoms with Gasteiger partial charge in [0.25, 0.3) is 0 Å². The van der Waals surface area contributed by atoms with Gasteiger partial charge in [0.05, 0.1) is 11.0 Å². The van der Waals surface area contributed by atoms with Gasteiger partial charge in [-0.1, -0.05) is 0 Å². The van der Waals surface area contributed by atoms with Gasteiger partial charge in [-0.15, -0.1) is 0 Å². The van der Waals surface area contributed by atoms with Crippen LogP contribution in [-0.2, 0) is 15.6 Å². The Kier molecular flexibility index (Phi) is 3.82. The largest absolute Gasteiger partial charge is 0.399 e. The Bertz CT molecular complexity index is 728. The van der Waals surface area contributed by atoms with Crippen LogP contribution < -0.4 is 5.73 Å². The maximum atomic E-state index is 12.2. The molecule has 5 heteroatoms. The molecule has 0 amide bonds. The lowest BCUT2D eigenvalue weighted by Crippen LogP contribution is -2.18. The number of aromatic nitrogens is 1. The average Bonchev–Trinajstić information content (AvgIpc) is 2.64. The monoisotopic (exact) mass is 294 g/mol. The number of hydrogen-bond acceptors (Lipinski definition) is 3. The van der Waals surface area contributed by atoms with Crippen molar-refractivity contribution < 1.29 is 8.42 Å². The topological polar surface area (TPSA) is 65.1 Å². The van der Waals surface area contributed by atoms with Gasteiger partial charge in [0, 0.05) is 28.3 Å². The molecular formula is C15H22N2O2S. The molecule has 0 saturated heterocycles. The van der Waals surface area contributed by atoms with Gasteiger partial charge in [0.2, 0.25) is 0 Å². The maximum absolute atomic E-state index is 12.2. The number of rotatable bonds is 4. The number of nitrogens with zero attached hydrogens (tertiary/aromatic N) is 1. The summed E-state index contributed by atoms with van der Waals surface area (Å²) < 4.78 is 26.4. The number of nitrogens with two attached hydrogens (primary N) is 1. The molecule has 20 heavy (non-hydrogen) atoms. The maximum Gasteiger partial charge on any atom is 0.158 e. The molecule has 2 rings (SSSR count). The molecule has 0 aliphatic heterocycles. The van der Waals surface area contributed by atoms with Crippen molar-refractivity contribution in [3.8, 4) is 0 Å². The molecule has 110 valence electrons. The van der Waals surface area contributed by atoms with Crippen LogP contribution in [0.2, 0.25) is 0 Å². The third kappa shape index (κ3) is 2.68. The molecule has 0 radical (unpaired) electrons. The van der Waals surface area contributed by atoms with E-state index in [0.29, 0.717) is 5.69 Å². The van der Waals surface area contributed by atoms with Gasteiger partial charge < -0.3 is 10.3 Å². The second-order valence-corrected chi connectivity index (χ2v) is 8.33. The molecule has 1 aromatic carbocycles. The van der Waals surface area contributed by atoms with Crippen molar-refractivity contribution in [1.29, 1.82) is 0 Å². The highest BCUT2D eigenvalue weighted by Gasteiger charge is 2.21. The van der Waals surface area contributed by atoms with Crippen LogP contribution in [0.15, 0.2) is 24.3 Å². The Balaban J connectivity index is 2.61. The Morgan fingerprint density at radius 2 is 1.80 bits per heavy atom. The molecule has 0 aliphatic carbocycles. The van der Waals surface area contributed by atoms with Gasteiger partial charge in [-0.3, -0.25) is 0 Å². The van der Waals surface area contributed by atoms with Crippen molar-refractivity contribution in [3.63, 3.8) is 0 Å². The number of sulfone groups is 1. The third-order valence-electron chi connectivity index (χ3n) is 3.53. The molecule has 0 spiro atoms. The summed E-state index contributed by atoms with van der Waals surface area (Å²) in [5.74, 6) is 0.0669. The first-order chi connectivity index (χ1) is 9.22. The fourth-order valence-corrected chi connectivity index (χ4v) is 3.37. The van der Waals surface area contributed by atoms with Gasteiger partial charge in [0.15, 0.2) is 9.84 Å². The summed E-state index contributed by atoms with van der Waals surface area (Å²) in [7, 11) is -3.12. The second-order valence-electron chi connectivity index (χ2n) is 5.77. The summed E-state index contributed by atoms with van der Waals surface area (Å²) in [6.45, 7) is 7.55. The first kappa shape index (κ1) is 14.9. The molecule has 1 aromatic heterocycles. The van der Waals surface area contributed by atoms with Crippen LogP contribution >= 0.6 is 0 Å². The Morgan fingerprint density at radius 3 is 2.35 bits per heavy atom. The Hall–Kier alpha value is -1.49. The van der Waals surface area contributed by atoms with E-state index in [4.69, 9.17) is 5.73 Å². The van der Waals surface area contributed by atoms with Crippen LogP contribution in [0.25, 0.3) is 10.9 Å². The fourth-order valence-electron chi connectivity index (χ4n) is 2.41. The Morgan fingerprint density at radius 1 is 1.15 bits per heavy atom. The minimum atomic E-state index is -3.12. The molecule has 4 nitrogen and oxygen atoms in total. The summed E-state index contributed by atoms with van der Waals surface area (Å²) in [6.07, 6.45) is 0. The van der Waals surface area contributed by atoms with E-state index in [1.807, 2.05) is 24.3 Å². The molecular weight excluding hydrogens is 272 g/mol. The van der Waals surface area contributed by atoms with E-state index < -0.39 is 9.84 Å². The van der Waals surface area contributed by atoms with Crippen molar-refractivity contribution in [2.75, 3.05) is 5.73 Å². The first-order valence-electron chi connectivity index (χ1n) is 6.83. The summed E-state index contributed by atoms with van der Waals surface area (Å²) >= 11 is 0. The van der Waals surface area contributed by atoms with Crippen LogP contribution in [0.5, 0.6) is 0 Å². The van der Waals surface area contributed by atoms with Crippen molar-refractivity contribution in [2.45, 2.75) is 44.7 Å². The zero-order valence-electron chi connectivity index (χ0n) is 12.4. The highest BCUT2D eigenvalue weighted by Crippen LogP contribution is 2.27. The van der Waals surface area contributed by atoms with Crippen molar-refractivity contribution in [3.05, 3.63) is 30.0 Å². The van der Waals surface area contributed by atoms with Crippen LogP contribution in [0.3, 0.4) is 0 Å². The normalized spacial score (nSPS) is 12.7. The lowest BCUT2D eigenvalue weighted by molar-refractivity contribution is 0.574. The molecule has 2 N–H and O–H groups in total. The number of benzene rings is 1. The van der Waals surface area contributed by atoms with E-state index >= 15 is 0 Å². The molecule has 0 aliphatic rings. The number of nitrogen functional groups attached to an aromatic ring is 1. The highest BCUT2D eigenvalue weighted by molar-refractivity contribution is 7.91. The van der Waals surface area contributed by atoms with Gasteiger partial charge in [-0.25, -0.2) is 8.42 Å². The Labute approximate surface area is 120 Å². The average molecular weight is 294 g/mol. The summed E-state index contributed by atoms with van der Waals surface area (Å²) in [5, 5.41) is 0.624. The van der Waals surface area contributed by atoms with Crippen molar-refractivity contribution >= 4 is 26.4 Å². The van der Waals surface area contributed by atoms with E-state index in [2.05, 4.69) is 18.4 Å². The summed E-state index contributed by atoms with van der Waals surface area (Å²) in [6, 6.07) is 7.83. The van der Waals surface area contributed by atoms with Gasteiger partial charge in [-0.2, -0.15) is 0 Å². The predicted molar refractivity (Wildman–Crippen MR) is 84.5 cm³/mol. The van der Waals surface area contributed by atoms with E-state index in [1.165, 1.54) is 0 Å². The molecule has 0 atom stereocenters. The van der Waals surface area contributed by atoms with Crippen LogP contribution in [0.1, 0.15) is 39.4 Å². The SMILES string of the molecule is CC(C)n1c(CS(=O)(=O)C(C)C)cc2cc(N)ccc21. The van der Waals surface area contributed by atoms with Crippen LogP contribution in [0, 0.1) is 0 Å². The minimum absolute atomic E-state index is 0.0669. The second kappa shape index (κ2) is 5.13. The van der Waals surface area contributed by atoms with Gasteiger partial charge >= 0.3 is 0 Å². The first-order valence-corrected chi connectivity index (χ1v) is 8.55. The van der Waals surface area contributed by atoms with E-state index in [-0.39, 0.29) is 17.0 Å². The lowest BCUT2D eigenvalue weighted by atomic mass is 10.2. The molecule has 0 fully saturated rings. The number of fused-ring (bicyclic) bond motifs is 1.